The van der Waals surface area contributed by atoms with E-state index in [1.807, 2.05) is 7.05 Å². The number of carbonyl (C=O) groups is 1. The minimum absolute atomic E-state index is 0.0174. The second kappa shape index (κ2) is 12.3. The summed E-state index contributed by atoms with van der Waals surface area (Å²) in [5.74, 6) is 1.11. The lowest BCUT2D eigenvalue weighted by molar-refractivity contribution is -0.128. The maximum atomic E-state index is 16.7. The molecule has 0 aliphatic carbocycles. The number of aliphatic hydroxyl groups is 1. The highest BCUT2D eigenvalue weighted by Crippen LogP contribution is 2.37. The standard InChI is InChI=1S/C35H36F2N6O3/c1-6-23-26(36)14-13-21-10-8-12-24(29(21)23)31-30(37)32-25(18-38-31)33(40-34(39-32)46-20-22-11-9-16-41(22)4)42(5)19-27-35(3,45)15-17-43(27)28(44)7-2/h1,7-8,10,12-14,18,22,27,45H,2,9,11,15-17,19-20H2,3-5H3/t22-,27+,35?/m0/s1. The van der Waals surface area contributed by atoms with Crippen molar-refractivity contribution in [1.29, 1.82) is 0 Å². The molecule has 3 atom stereocenters. The zero-order valence-corrected chi connectivity index (χ0v) is 26.1. The summed E-state index contributed by atoms with van der Waals surface area (Å²) in [4.78, 5) is 31.9. The molecule has 11 heteroatoms. The molecule has 2 saturated heterocycles. The van der Waals surface area contributed by atoms with Gasteiger partial charge in [-0.2, -0.15) is 9.97 Å². The van der Waals surface area contributed by atoms with Crippen LogP contribution in [0.4, 0.5) is 14.6 Å². The number of carbonyl (C=O) groups excluding carboxylic acids is 1. The van der Waals surface area contributed by atoms with E-state index in [4.69, 9.17) is 11.2 Å². The van der Waals surface area contributed by atoms with Crippen LogP contribution in [0.3, 0.4) is 0 Å². The van der Waals surface area contributed by atoms with Crippen LogP contribution in [0.1, 0.15) is 31.7 Å². The Bertz CT molecular complexity index is 1890. The Kier molecular flexibility index (Phi) is 8.35. The first-order valence-corrected chi connectivity index (χ1v) is 15.3. The molecule has 1 amide bonds. The van der Waals surface area contributed by atoms with E-state index in [2.05, 4.69) is 32.4 Å². The minimum Gasteiger partial charge on any atom is -0.462 e. The number of fused-ring (bicyclic) bond motifs is 2. The average molecular weight is 627 g/mol. The fraction of sp³-hybridized carbons (Fsp3) is 0.371. The molecule has 2 aliphatic rings. The van der Waals surface area contributed by atoms with Crippen molar-refractivity contribution in [2.24, 2.45) is 0 Å². The third-order valence-electron chi connectivity index (χ3n) is 9.33. The van der Waals surface area contributed by atoms with Crippen molar-refractivity contribution >= 4 is 33.4 Å². The summed E-state index contributed by atoms with van der Waals surface area (Å²) in [6.07, 6.45) is 10.8. The number of anilines is 1. The number of hydrogen-bond donors (Lipinski definition) is 1. The first kappa shape index (κ1) is 31.3. The molecule has 1 N–H and O–H groups in total. The van der Waals surface area contributed by atoms with Crippen LogP contribution in [-0.4, -0.2) is 93.8 Å². The smallest absolute Gasteiger partial charge is 0.319 e. The summed E-state index contributed by atoms with van der Waals surface area (Å²) >= 11 is 0. The van der Waals surface area contributed by atoms with Crippen LogP contribution >= 0.6 is 0 Å². The normalized spacial score (nSPS) is 21.5. The number of likely N-dealkylation sites (N-methyl/N-ethyl adjacent to an activating group) is 2. The van der Waals surface area contributed by atoms with Gasteiger partial charge in [0.15, 0.2) is 5.82 Å². The molecule has 9 nitrogen and oxygen atoms in total. The first-order valence-electron chi connectivity index (χ1n) is 15.3. The van der Waals surface area contributed by atoms with Gasteiger partial charge in [0.1, 0.15) is 29.5 Å². The van der Waals surface area contributed by atoms with E-state index in [0.29, 0.717) is 47.1 Å². The van der Waals surface area contributed by atoms with Gasteiger partial charge in [-0.15, -0.1) is 6.42 Å². The molecular weight excluding hydrogens is 590 g/mol. The summed E-state index contributed by atoms with van der Waals surface area (Å²) in [7, 11) is 3.78. The molecule has 6 rings (SSSR count). The van der Waals surface area contributed by atoms with Crippen molar-refractivity contribution in [3.63, 3.8) is 0 Å². The average Bonchev–Trinajstić information content (AvgIpc) is 3.60. The van der Waals surface area contributed by atoms with Crippen LogP contribution in [0, 0.1) is 24.0 Å². The monoisotopic (exact) mass is 626 g/mol. The predicted molar refractivity (Wildman–Crippen MR) is 173 cm³/mol. The zero-order valence-electron chi connectivity index (χ0n) is 26.1. The lowest BCUT2D eigenvalue weighted by atomic mass is 9.96. The van der Waals surface area contributed by atoms with E-state index in [9.17, 15) is 14.3 Å². The summed E-state index contributed by atoms with van der Waals surface area (Å²) in [6.45, 7) is 7.12. The minimum atomic E-state index is -1.17. The third kappa shape index (κ3) is 5.52. The summed E-state index contributed by atoms with van der Waals surface area (Å²) in [6, 6.07) is 7.60. The molecule has 0 saturated carbocycles. The SMILES string of the molecule is C#Cc1c(F)ccc2cccc(-c3ncc4c(N(C)C[C@H]5N(C(=O)C=C)CCC5(C)O)nc(OC[C@@H]5CCCN5C)nc4c3F)c12. The van der Waals surface area contributed by atoms with Gasteiger partial charge < -0.3 is 24.5 Å². The number of rotatable bonds is 8. The van der Waals surface area contributed by atoms with Crippen LogP contribution in [0.5, 0.6) is 6.01 Å². The quantitative estimate of drug-likeness (QED) is 0.225. The zero-order chi connectivity index (χ0) is 32.7. The van der Waals surface area contributed by atoms with Gasteiger partial charge >= 0.3 is 6.01 Å². The van der Waals surface area contributed by atoms with Crippen molar-refractivity contribution in [2.45, 2.75) is 43.9 Å². The highest BCUT2D eigenvalue weighted by molar-refractivity contribution is 6.02. The molecule has 4 heterocycles. The fourth-order valence-corrected chi connectivity index (χ4v) is 6.64. The van der Waals surface area contributed by atoms with Gasteiger partial charge in [-0.3, -0.25) is 9.78 Å². The summed E-state index contributed by atoms with van der Waals surface area (Å²) in [5, 5.41) is 12.5. The van der Waals surface area contributed by atoms with Gasteiger partial charge in [0.25, 0.3) is 0 Å². The van der Waals surface area contributed by atoms with E-state index in [-0.39, 0.29) is 41.3 Å². The van der Waals surface area contributed by atoms with Gasteiger partial charge in [0, 0.05) is 43.3 Å². The Morgan fingerprint density at radius 1 is 1.28 bits per heavy atom. The number of halogens is 2. The van der Waals surface area contributed by atoms with Crippen LogP contribution in [-0.2, 0) is 4.79 Å². The van der Waals surface area contributed by atoms with E-state index < -0.39 is 23.3 Å². The number of pyridine rings is 1. The number of benzene rings is 2. The number of aromatic nitrogens is 3. The van der Waals surface area contributed by atoms with Crippen LogP contribution < -0.4 is 9.64 Å². The van der Waals surface area contributed by atoms with Crippen molar-refractivity contribution < 1.29 is 23.4 Å². The Morgan fingerprint density at radius 3 is 2.80 bits per heavy atom. The third-order valence-corrected chi connectivity index (χ3v) is 9.33. The van der Waals surface area contributed by atoms with Crippen molar-refractivity contribution in [2.75, 3.05) is 45.2 Å². The molecule has 1 unspecified atom stereocenters. The lowest BCUT2D eigenvalue weighted by Gasteiger charge is -2.35. The van der Waals surface area contributed by atoms with Crippen molar-refractivity contribution in [3.8, 4) is 29.6 Å². The van der Waals surface area contributed by atoms with E-state index in [1.54, 1.807) is 48.0 Å². The lowest BCUT2D eigenvalue weighted by Crippen LogP contribution is -2.51. The number of likely N-dealkylation sites (tertiary alicyclic amines) is 2. The summed E-state index contributed by atoms with van der Waals surface area (Å²) < 4.78 is 37.6. The molecule has 2 aromatic carbocycles. The highest BCUT2D eigenvalue weighted by atomic mass is 19.1. The number of hydrogen-bond acceptors (Lipinski definition) is 8. The second-order valence-electron chi connectivity index (χ2n) is 12.3. The maximum absolute atomic E-state index is 16.7. The molecule has 0 radical (unpaired) electrons. The molecule has 0 bridgehead atoms. The van der Waals surface area contributed by atoms with E-state index >= 15 is 4.39 Å². The molecule has 46 heavy (non-hydrogen) atoms. The Morgan fingerprint density at radius 2 is 2.09 bits per heavy atom. The van der Waals surface area contributed by atoms with Gasteiger partial charge in [-0.1, -0.05) is 36.8 Å². The Balaban J connectivity index is 1.48. The molecule has 0 spiro atoms. The summed E-state index contributed by atoms with van der Waals surface area (Å²) in [5.41, 5.74) is -0.907. The molecule has 238 valence electrons. The second-order valence-corrected chi connectivity index (χ2v) is 12.3. The van der Waals surface area contributed by atoms with Gasteiger partial charge in [0.05, 0.1) is 22.6 Å². The number of ether oxygens (including phenoxy) is 1. The largest absolute Gasteiger partial charge is 0.462 e. The Hall–Kier alpha value is -4.66. The van der Waals surface area contributed by atoms with Gasteiger partial charge in [-0.25, -0.2) is 8.78 Å². The number of terminal acetylenes is 1. The number of nitrogens with zero attached hydrogens (tertiary/aromatic N) is 6. The Labute approximate surface area is 266 Å². The van der Waals surface area contributed by atoms with Crippen LogP contribution in [0.15, 0.2) is 49.2 Å². The van der Waals surface area contributed by atoms with Crippen molar-refractivity contribution in [1.82, 2.24) is 24.8 Å². The first-order chi connectivity index (χ1) is 22.0. The molecule has 4 aromatic rings. The van der Waals surface area contributed by atoms with Gasteiger partial charge in [0.2, 0.25) is 5.91 Å². The topological polar surface area (TPSA) is 94.9 Å². The van der Waals surface area contributed by atoms with Crippen molar-refractivity contribution in [3.05, 3.63) is 66.4 Å². The van der Waals surface area contributed by atoms with Gasteiger partial charge in [-0.05, 0) is 57.3 Å². The van der Waals surface area contributed by atoms with Crippen LogP contribution in [0.2, 0.25) is 0 Å². The van der Waals surface area contributed by atoms with E-state index in [0.717, 1.165) is 19.4 Å². The predicted octanol–water partition coefficient (Wildman–Crippen LogP) is 4.55. The fourth-order valence-electron chi connectivity index (χ4n) is 6.64. The molecule has 2 aromatic heterocycles. The number of amides is 1. The molecule has 2 aliphatic heterocycles. The highest BCUT2D eigenvalue weighted by Gasteiger charge is 2.44. The molecule has 2 fully saturated rings. The van der Waals surface area contributed by atoms with Crippen LogP contribution in [0.25, 0.3) is 32.9 Å². The molecular formula is C35H36F2N6O3. The maximum Gasteiger partial charge on any atom is 0.319 e. The van der Waals surface area contributed by atoms with E-state index in [1.165, 1.54) is 18.3 Å².